The van der Waals surface area contributed by atoms with Crippen LogP contribution in [0.25, 0.3) is 0 Å². The predicted molar refractivity (Wildman–Crippen MR) is 77.5 cm³/mol. The lowest BCUT2D eigenvalue weighted by Crippen LogP contribution is -2.25. The summed E-state index contributed by atoms with van der Waals surface area (Å²) < 4.78 is 0. The van der Waals surface area contributed by atoms with Crippen LogP contribution in [0.1, 0.15) is 44.2 Å². The highest BCUT2D eigenvalue weighted by Gasteiger charge is 2.27. The summed E-state index contributed by atoms with van der Waals surface area (Å²) in [5.41, 5.74) is 2.84. The summed E-state index contributed by atoms with van der Waals surface area (Å²) in [5, 5.41) is 3.44. The van der Waals surface area contributed by atoms with Crippen molar-refractivity contribution in [3.05, 3.63) is 35.4 Å². The number of nitrogens with zero attached hydrogens (tertiary/aromatic N) is 1. The zero-order valence-electron chi connectivity index (χ0n) is 11.8. The molecule has 0 saturated heterocycles. The van der Waals surface area contributed by atoms with Crippen LogP contribution < -0.4 is 5.32 Å². The van der Waals surface area contributed by atoms with Crippen LogP contribution in [0, 0.1) is 0 Å². The van der Waals surface area contributed by atoms with Gasteiger partial charge in [0, 0.05) is 19.1 Å². The Balaban J connectivity index is 1.82. The van der Waals surface area contributed by atoms with Gasteiger partial charge in [0.05, 0.1) is 0 Å². The highest BCUT2D eigenvalue weighted by molar-refractivity contribution is 5.22. The van der Waals surface area contributed by atoms with E-state index in [1.807, 2.05) is 0 Å². The molecule has 1 aliphatic rings. The molecule has 0 heterocycles. The van der Waals surface area contributed by atoms with Crippen LogP contribution >= 0.6 is 0 Å². The molecule has 2 nitrogen and oxygen atoms in total. The van der Waals surface area contributed by atoms with Gasteiger partial charge in [0.1, 0.15) is 0 Å². The topological polar surface area (TPSA) is 15.3 Å². The average Bonchev–Trinajstić information content (AvgIpc) is 3.22. The van der Waals surface area contributed by atoms with Crippen LogP contribution in [0.4, 0.5) is 0 Å². The van der Waals surface area contributed by atoms with Crippen molar-refractivity contribution < 1.29 is 0 Å². The zero-order chi connectivity index (χ0) is 12.8. The number of nitrogens with one attached hydrogen (secondary N) is 1. The molecule has 0 aliphatic heterocycles. The smallest absolute Gasteiger partial charge is 0.0236 e. The molecule has 2 rings (SSSR count). The van der Waals surface area contributed by atoms with E-state index in [0.717, 1.165) is 25.7 Å². The zero-order valence-corrected chi connectivity index (χ0v) is 11.8. The van der Waals surface area contributed by atoms with Crippen molar-refractivity contribution in [3.63, 3.8) is 0 Å². The molecule has 0 amide bonds. The number of hydrogen-bond acceptors (Lipinski definition) is 2. The molecule has 18 heavy (non-hydrogen) atoms. The lowest BCUT2D eigenvalue weighted by atomic mass is 10.1. The van der Waals surface area contributed by atoms with Crippen molar-refractivity contribution in [1.29, 1.82) is 0 Å². The van der Waals surface area contributed by atoms with E-state index in [9.17, 15) is 0 Å². The highest BCUT2D eigenvalue weighted by Crippen LogP contribution is 2.27. The maximum atomic E-state index is 3.44. The Morgan fingerprint density at radius 1 is 1.11 bits per heavy atom. The largest absolute Gasteiger partial charge is 0.313 e. The van der Waals surface area contributed by atoms with Gasteiger partial charge in [-0.2, -0.15) is 0 Å². The second kappa shape index (κ2) is 6.91. The molecule has 0 unspecified atom stereocenters. The molecule has 1 aromatic carbocycles. The number of benzene rings is 1. The van der Waals surface area contributed by atoms with Gasteiger partial charge in [-0.15, -0.1) is 0 Å². The van der Waals surface area contributed by atoms with Gasteiger partial charge in [0.2, 0.25) is 0 Å². The first-order valence-corrected chi connectivity index (χ1v) is 7.36. The van der Waals surface area contributed by atoms with Crippen LogP contribution in [0.15, 0.2) is 24.3 Å². The summed E-state index contributed by atoms with van der Waals surface area (Å²) in [5.74, 6) is 0. The van der Waals surface area contributed by atoms with Crippen molar-refractivity contribution in [2.45, 2.75) is 52.2 Å². The standard InChI is InChI=1S/C16H26N2/c1-3-11-17-12-14-5-7-15(8-6-14)13-18(4-2)16-9-10-16/h5-8,16-17H,3-4,9-13H2,1-2H3. The van der Waals surface area contributed by atoms with E-state index in [1.54, 1.807) is 0 Å². The van der Waals surface area contributed by atoms with E-state index in [-0.39, 0.29) is 0 Å². The predicted octanol–water partition coefficient (Wildman–Crippen LogP) is 3.17. The highest BCUT2D eigenvalue weighted by atomic mass is 15.2. The van der Waals surface area contributed by atoms with Crippen LogP contribution in [-0.4, -0.2) is 24.0 Å². The Morgan fingerprint density at radius 3 is 2.33 bits per heavy atom. The molecule has 2 heteroatoms. The normalized spacial score (nSPS) is 15.3. The molecule has 1 fully saturated rings. The van der Waals surface area contributed by atoms with E-state index in [1.165, 1.54) is 36.9 Å². The van der Waals surface area contributed by atoms with E-state index in [0.29, 0.717) is 0 Å². The van der Waals surface area contributed by atoms with Gasteiger partial charge >= 0.3 is 0 Å². The van der Waals surface area contributed by atoms with Crippen LogP contribution in [0.3, 0.4) is 0 Å². The number of hydrogen-bond donors (Lipinski definition) is 1. The van der Waals surface area contributed by atoms with Gasteiger partial charge in [-0.3, -0.25) is 4.90 Å². The van der Waals surface area contributed by atoms with E-state index in [2.05, 4.69) is 48.3 Å². The van der Waals surface area contributed by atoms with Gasteiger partial charge in [-0.1, -0.05) is 38.1 Å². The van der Waals surface area contributed by atoms with Crippen molar-refractivity contribution in [2.75, 3.05) is 13.1 Å². The van der Waals surface area contributed by atoms with Crippen LogP contribution in [-0.2, 0) is 13.1 Å². The summed E-state index contributed by atoms with van der Waals surface area (Å²) in [6.07, 6.45) is 3.99. The Labute approximate surface area is 111 Å². The van der Waals surface area contributed by atoms with Crippen LogP contribution in [0.5, 0.6) is 0 Å². The maximum absolute atomic E-state index is 3.44. The van der Waals surface area contributed by atoms with E-state index in [4.69, 9.17) is 0 Å². The minimum atomic E-state index is 0.862. The first kappa shape index (κ1) is 13.6. The lowest BCUT2D eigenvalue weighted by molar-refractivity contribution is 0.269. The lowest BCUT2D eigenvalue weighted by Gasteiger charge is -2.19. The van der Waals surface area contributed by atoms with Gasteiger partial charge in [0.25, 0.3) is 0 Å². The Kier molecular flexibility index (Phi) is 5.21. The summed E-state index contributed by atoms with van der Waals surface area (Å²) in [4.78, 5) is 2.59. The molecule has 0 aromatic heterocycles. The summed E-state index contributed by atoms with van der Waals surface area (Å²) in [7, 11) is 0. The Hall–Kier alpha value is -0.860. The summed E-state index contributed by atoms with van der Waals surface area (Å²) in [6.45, 7) is 8.85. The molecule has 0 bridgehead atoms. The fourth-order valence-corrected chi connectivity index (χ4v) is 2.35. The van der Waals surface area contributed by atoms with Crippen molar-refractivity contribution in [1.82, 2.24) is 10.2 Å². The Morgan fingerprint density at radius 2 is 1.78 bits per heavy atom. The number of rotatable bonds is 8. The first-order valence-electron chi connectivity index (χ1n) is 7.36. The maximum Gasteiger partial charge on any atom is 0.0236 e. The molecule has 1 saturated carbocycles. The van der Waals surface area contributed by atoms with Gasteiger partial charge in [0.15, 0.2) is 0 Å². The molecule has 0 atom stereocenters. The third-order valence-electron chi connectivity index (χ3n) is 3.63. The molecule has 1 aliphatic carbocycles. The summed E-state index contributed by atoms with van der Waals surface area (Å²) >= 11 is 0. The van der Waals surface area contributed by atoms with E-state index < -0.39 is 0 Å². The molecular formula is C16H26N2. The monoisotopic (exact) mass is 246 g/mol. The third-order valence-corrected chi connectivity index (χ3v) is 3.63. The molecule has 1 aromatic rings. The van der Waals surface area contributed by atoms with Gasteiger partial charge < -0.3 is 5.32 Å². The average molecular weight is 246 g/mol. The van der Waals surface area contributed by atoms with Crippen LogP contribution in [0.2, 0.25) is 0 Å². The molecule has 0 radical (unpaired) electrons. The van der Waals surface area contributed by atoms with Gasteiger partial charge in [-0.25, -0.2) is 0 Å². The molecule has 100 valence electrons. The Bertz CT molecular complexity index is 341. The summed E-state index contributed by atoms with van der Waals surface area (Å²) in [6, 6.07) is 9.96. The quantitative estimate of drug-likeness (QED) is 0.709. The molecular weight excluding hydrogens is 220 g/mol. The molecule has 0 spiro atoms. The van der Waals surface area contributed by atoms with Gasteiger partial charge in [-0.05, 0) is 43.5 Å². The fraction of sp³-hybridized carbons (Fsp3) is 0.625. The van der Waals surface area contributed by atoms with E-state index >= 15 is 0 Å². The minimum Gasteiger partial charge on any atom is -0.313 e. The van der Waals surface area contributed by atoms with Crippen molar-refractivity contribution >= 4 is 0 Å². The van der Waals surface area contributed by atoms with Crippen molar-refractivity contribution in [3.8, 4) is 0 Å². The SMILES string of the molecule is CCCNCc1ccc(CN(CC)C2CC2)cc1. The second-order valence-corrected chi connectivity index (χ2v) is 5.29. The fourth-order valence-electron chi connectivity index (χ4n) is 2.35. The second-order valence-electron chi connectivity index (χ2n) is 5.29. The minimum absolute atomic E-state index is 0.862. The third kappa shape index (κ3) is 4.11. The first-order chi connectivity index (χ1) is 8.83. The molecule has 1 N–H and O–H groups in total. The van der Waals surface area contributed by atoms with Crippen molar-refractivity contribution in [2.24, 2.45) is 0 Å².